The fourth-order valence-corrected chi connectivity index (χ4v) is 3.57. The Morgan fingerprint density at radius 1 is 0.868 bits per heavy atom. The summed E-state index contributed by atoms with van der Waals surface area (Å²) in [6.07, 6.45) is 6.65. The van der Waals surface area contributed by atoms with Crippen LogP contribution in [0.25, 0.3) is 11.4 Å². The molecule has 0 unspecified atom stereocenters. The molecule has 0 saturated heterocycles. The van der Waals surface area contributed by atoms with E-state index in [0.717, 1.165) is 16.9 Å². The lowest BCUT2D eigenvalue weighted by atomic mass is 10.1. The zero-order chi connectivity index (χ0) is 26.9. The first-order valence-electron chi connectivity index (χ1n) is 12.0. The molecule has 0 aliphatic heterocycles. The zero-order valence-electron chi connectivity index (χ0n) is 21.5. The van der Waals surface area contributed by atoms with Gasteiger partial charge in [-0.3, -0.25) is 14.6 Å². The highest BCUT2D eigenvalue weighted by Crippen LogP contribution is 2.24. The number of anilines is 4. The molecule has 192 valence electrons. The summed E-state index contributed by atoms with van der Waals surface area (Å²) in [5.74, 6) is -0.0862. The Hall–Kier alpha value is -4.89. The number of benzene rings is 2. The number of carbonyl (C=O) groups excluding carboxylic acids is 2. The van der Waals surface area contributed by atoms with Gasteiger partial charge in [0, 0.05) is 47.6 Å². The fourth-order valence-electron chi connectivity index (χ4n) is 3.57. The normalized spacial score (nSPS) is 10.9. The summed E-state index contributed by atoms with van der Waals surface area (Å²) in [7, 11) is 3.85. The van der Waals surface area contributed by atoms with Gasteiger partial charge in [-0.25, -0.2) is 9.97 Å². The summed E-state index contributed by atoms with van der Waals surface area (Å²) in [5.41, 5.74) is 4.81. The average molecular weight is 508 g/mol. The van der Waals surface area contributed by atoms with Crippen LogP contribution in [0, 0.1) is 6.92 Å². The number of nitrogens with one attached hydrogen (secondary N) is 3. The van der Waals surface area contributed by atoms with Crippen molar-refractivity contribution >= 4 is 34.8 Å². The van der Waals surface area contributed by atoms with Gasteiger partial charge in [-0.2, -0.15) is 0 Å². The maximum atomic E-state index is 12.9. The summed E-state index contributed by atoms with van der Waals surface area (Å²) < 4.78 is 0. The Bertz CT molecular complexity index is 1450. The first-order chi connectivity index (χ1) is 18.4. The molecule has 0 aliphatic rings. The van der Waals surface area contributed by atoms with Crippen LogP contribution in [0.1, 0.15) is 15.9 Å². The van der Waals surface area contributed by atoms with Crippen LogP contribution in [0.3, 0.4) is 0 Å². The van der Waals surface area contributed by atoms with Crippen molar-refractivity contribution in [2.45, 2.75) is 6.92 Å². The molecule has 0 radical (unpaired) electrons. The van der Waals surface area contributed by atoms with Crippen LogP contribution in [0.4, 0.5) is 23.0 Å². The number of rotatable bonds is 9. The van der Waals surface area contributed by atoms with Gasteiger partial charge in [-0.15, -0.1) is 0 Å². The highest BCUT2D eigenvalue weighted by Gasteiger charge is 2.10. The van der Waals surface area contributed by atoms with E-state index in [1.807, 2.05) is 56.3 Å². The topological polar surface area (TPSA) is 112 Å². The van der Waals surface area contributed by atoms with E-state index in [1.165, 1.54) is 6.08 Å². The molecule has 38 heavy (non-hydrogen) atoms. The van der Waals surface area contributed by atoms with Gasteiger partial charge in [-0.1, -0.05) is 18.2 Å². The van der Waals surface area contributed by atoms with E-state index >= 15 is 0 Å². The number of amides is 2. The minimum absolute atomic E-state index is 0.252. The average Bonchev–Trinajstić information content (AvgIpc) is 2.91. The minimum Gasteiger partial charge on any atom is -0.324 e. The molecule has 2 aromatic heterocycles. The van der Waals surface area contributed by atoms with Gasteiger partial charge in [-0.05, 0) is 81.2 Å². The lowest BCUT2D eigenvalue weighted by molar-refractivity contribution is -0.111. The van der Waals surface area contributed by atoms with Crippen LogP contribution >= 0.6 is 0 Å². The van der Waals surface area contributed by atoms with Crippen molar-refractivity contribution in [1.82, 2.24) is 19.9 Å². The summed E-state index contributed by atoms with van der Waals surface area (Å²) in [4.78, 5) is 40.1. The third-order valence-corrected chi connectivity index (χ3v) is 5.45. The molecule has 9 nitrogen and oxygen atoms in total. The highest BCUT2D eigenvalue weighted by molar-refractivity contribution is 6.06. The number of nitrogens with zero attached hydrogens (tertiary/aromatic N) is 4. The van der Waals surface area contributed by atoms with Crippen molar-refractivity contribution in [3.8, 4) is 11.4 Å². The predicted molar refractivity (Wildman–Crippen MR) is 150 cm³/mol. The van der Waals surface area contributed by atoms with E-state index in [2.05, 4.69) is 30.9 Å². The molecule has 0 aliphatic carbocycles. The molecule has 0 saturated carbocycles. The predicted octanol–water partition coefficient (Wildman–Crippen LogP) is 4.90. The second-order valence-electron chi connectivity index (χ2n) is 8.82. The summed E-state index contributed by atoms with van der Waals surface area (Å²) in [5, 5.41) is 8.92. The van der Waals surface area contributed by atoms with Crippen LogP contribution in [0.2, 0.25) is 0 Å². The van der Waals surface area contributed by atoms with Gasteiger partial charge in [0.1, 0.15) is 0 Å². The van der Waals surface area contributed by atoms with Crippen molar-refractivity contribution in [2.75, 3.05) is 36.6 Å². The number of pyridine rings is 1. The molecule has 0 bridgehead atoms. The molecular formula is C29H29N7O2. The Kier molecular flexibility index (Phi) is 8.53. The summed E-state index contributed by atoms with van der Waals surface area (Å²) in [6, 6.07) is 19.8. The van der Waals surface area contributed by atoms with Gasteiger partial charge in [0.05, 0.1) is 11.4 Å². The van der Waals surface area contributed by atoms with Gasteiger partial charge in [0.25, 0.3) is 5.91 Å². The molecule has 2 amide bonds. The quantitative estimate of drug-likeness (QED) is 0.276. The molecule has 9 heteroatoms. The molecule has 0 spiro atoms. The maximum Gasteiger partial charge on any atom is 0.255 e. The van der Waals surface area contributed by atoms with Gasteiger partial charge in [0.2, 0.25) is 11.9 Å². The summed E-state index contributed by atoms with van der Waals surface area (Å²) >= 11 is 0. The van der Waals surface area contributed by atoms with Crippen LogP contribution < -0.4 is 16.0 Å². The number of carbonyl (C=O) groups is 2. The SMILES string of the molecule is Cc1cc(NC(=O)c2cccc(NC(=O)/C=C/CN(C)C)c2)ccc1Nc1nccc(-c2ccccn2)n1. The second-order valence-corrected chi connectivity index (χ2v) is 8.82. The molecule has 4 aromatic rings. The highest BCUT2D eigenvalue weighted by atomic mass is 16.2. The second kappa shape index (κ2) is 12.4. The number of hydrogen-bond acceptors (Lipinski definition) is 7. The van der Waals surface area contributed by atoms with Crippen LogP contribution in [-0.4, -0.2) is 52.3 Å². The number of aromatic nitrogens is 3. The van der Waals surface area contributed by atoms with Crippen molar-refractivity contribution in [3.05, 3.63) is 102 Å². The minimum atomic E-state index is -0.282. The standard InChI is InChI=1S/C29H29N7O2/c1-20-18-23(12-13-24(20)34-29-31-16-14-26(35-29)25-10-4-5-15-30-25)33-28(38)21-8-6-9-22(19-21)32-27(37)11-7-17-36(2)3/h4-16,18-19H,17H2,1-3H3,(H,32,37)(H,33,38)(H,31,34,35)/b11-7+. The maximum absolute atomic E-state index is 12.9. The molecule has 3 N–H and O–H groups in total. The largest absolute Gasteiger partial charge is 0.324 e. The first-order valence-corrected chi connectivity index (χ1v) is 12.0. The van der Waals surface area contributed by atoms with E-state index in [1.54, 1.807) is 54.9 Å². The fraction of sp³-hybridized carbons (Fsp3) is 0.138. The van der Waals surface area contributed by atoms with E-state index in [9.17, 15) is 9.59 Å². The molecular weight excluding hydrogens is 478 g/mol. The summed E-state index contributed by atoms with van der Waals surface area (Å²) in [6.45, 7) is 2.59. The van der Waals surface area contributed by atoms with E-state index < -0.39 is 0 Å². The van der Waals surface area contributed by atoms with Crippen molar-refractivity contribution in [3.63, 3.8) is 0 Å². The smallest absolute Gasteiger partial charge is 0.255 e. The lowest BCUT2D eigenvalue weighted by Crippen LogP contribution is -2.14. The molecule has 0 atom stereocenters. The van der Waals surface area contributed by atoms with Gasteiger partial charge < -0.3 is 20.9 Å². The zero-order valence-corrected chi connectivity index (χ0v) is 21.5. The van der Waals surface area contributed by atoms with E-state index in [-0.39, 0.29) is 11.8 Å². The number of aryl methyl sites for hydroxylation is 1. The molecule has 2 aromatic carbocycles. The van der Waals surface area contributed by atoms with E-state index in [0.29, 0.717) is 35.1 Å². The van der Waals surface area contributed by atoms with Crippen molar-refractivity contribution in [1.29, 1.82) is 0 Å². The number of likely N-dealkylation sites (N-methyl/N-ethyl adjacent to an activating group) is 1. The third-order valence-electron chi connectivity index (χ3n) is 5.45. The Morgan fingerprint density at radius 2 is 1.71 bits per heavy atom. The lowest BCUT2D eigenvalue weighted by Gasteiger charge is -2.12. The van der Waals surface area contributed by atoms with E-state index in [4.69, 9.17) is 0 Å². The molecule has 2 heterocycles. The monoisotopic (exact) mass is 507 g/mol. The van der Waals surface area contributed by atoms with Crippen molar-refractivity contribution in [2.24, 2.45) is 0 Å². The Labute approximate surface area is 221 Å². The third kappa shape index (κ3) is 7.31. The van der Waals surface area contributed by atoms with Crippen molar-refractivity contribution < 1.29 is 9.59 Å². The Morgan fingerprint density at radius 3 is 2.47 bits per heavy atom. The molecule has 4 rings (SSSR count). The first kappa shape index (κ1) is 26.2. The van der Waals surface area contributed by atoms with Crippen LogP contribution in [-0.2, 0) is 4.79 Å². The van der Waals surface area contributed by atoms with Gasteiger partial charge in [0.15, 0.2) is 0 Å². The Balaban J connectivity index is 1.40. The molecule has 0 fully saturated rings. The van der Waals surface area contributed by atoms with Crippen LogP contribution in [0.15, 0.2) is 91.3 Å². The number of hydrogen-bond donors (Lipinski definition) is 3. The van der Waals surface area contributed by atoms with Gasteiger partial charge >= 0.3 is 0 Å². The van der Waals surface area contributed by atoms with Crippen LogP contribution in [0.5, 0.6) is 0 Å².